The van der Waals surface area contributed by atoms with Gasteiger partial charge in [0.2, 0.25) is 6.79 Å². The summed E-state index contributed by atoms with van der Waals surface area (Å²) in [5, 5.41) is 12.7. The molecule has 0 spiro atoms. The van der Waals surface area contributed by atoms with Gasteiger partial charge in [0.1, 0.15) is 6.61 Å². The molecule has 1 heterocycles. The Morgan fingerprint density at radius 1 is 1.21 bits per heavy atom. The number of rotatable bonds is 5. The number of ketones is 1. The third-order valence-electron chi connectivity index (χ3n) is 3.45. The molecule has 0 saturated heterocycles. The summed E-state index contributed by atoms with van der Waals surface area (Å²) in [7, 11) is 0. The van der Waals surface area contributed by atoms with E-state index in [4.69, 9.17) is 19.6 Å². The summed E-state index contributed by atoms with van der Waals surface area (Å²) in [5.41, 5.74) is 2.24. The molecule has 0 unspecified atom stereocenters. The molecule has 0 aromatic heterocycles. The maximum Gasteiger partial charge on any atom is 0.231 e. The van der Waals surface area contributed by atoms with Crippen LogP contribution in [0.4, 0.5) is 0 Å². The van der Waals surface area contributed by atoms with Crippen molar-refractivity contribution in [3.63, 3.8) is 0 Å². The second kappa shape index (κ2) is 6.84. The van der Waals surface area contributed by atoms with Gasteiger partial charge in [0.15, 0.2) is 23.0 Å². The van der Waals surface area contributed by atoms with Gasteiger partial charge in [-0.05, 0) is 35.9 Å². The van der Waals surface area contributed by atoms with E-state index in [-0.39, 0.29) is 24.9 Å². The van der Waals surface area contributed by atoms with Gasteiger partial charge in [-0.15, -0.1) is 0 Å². The van der Waals surface area contributed by atoms with Gasteiger partial charge in [-0.2, -0.15) is 5.26 Å². The zero-order valence-corrected chi connectivity index (χ0v) is 13.0. The largest absolute Gasteiger partial charge is 0.454 e. The van der Waals surface area contributed by atoms with E-state index in [1.54, 1.807) is 42.5 Å². The number of nitrogens with zero attached hydrogens (tertiary/aromatic N) is 2. The molecule has 0 saturated carbocycles. The second-order valence-electron chi connectivity index (χ2n) is 5.15. The number of benzene rings is 2. The lowest BCUT2D eigenvalue weighted by Gasteiger charge is -2.05. The van der Waals surface area contributed by atoms with Crippen LogP contribution in [-0.4, -0.2) is 18.3 Å². The molecule has 0 fully saturated rings. The molecule has 0 N–H and O–H groups in total. The van der Waals surface area contributed by atoms with E-state index in [0.29, 0.717) is 22.6 Å². The fourth-order valence-electron chi connectivity index (χ4n) is 2.21. The molecular weight excluding hydrogens is 308 g/mol. The highest BCUT2D eigenvalue weighted by atomic mass is 16.7. The molecule has 0 atom stereocenters. The first-order valence-electron chi connectivity index (χ1n) is 7.27. The van der Waals surface area contributed by atoms with Gasteiger partial charge in [0.25, 0.3) is 0 Å². The standard InChI is InChI=1S/C18H14N2O4/c1-12(21)18(15-6-7-16-17(8-15)23-11-22-16)20-24-10-14-4-2-13(9-19)3-5-14/h2-8H,10-11H2,1H3/b20-18-. The molecule has 3 rings (SSSR count). The van der Waals surface area contributed by atoms with E-state index < -0.39 is 0 Å². The topological polar surface area (TPSA) is 80.9 Å². The fraction of sp³-hybridized carbons (Fsp3) is 0.167. The van der Waals surface area contributed by atoms with Crippen LogP contribution in [0.1, 0.15) is 23.6 Å². The zero-order valence-electron chi connectivity index (χ0n) is 13.0. The van der Waals surface area contributed by atoms with E-state index in [1.165, 1.54) is 6.92 Å². The Balaban J connectivity index is 1.74. The van der Waals surface area contributed by atoms with Gasteiger partial charge in [0, 0.05) is 12.5 Å². The average molecular weight is 322 g/mol. The van der Waals surface area contributed by atoms with Gasteiger partial charge < -0.3 is 14.3 Å². The summed E-state index contributed by atoms with van der Waals surface area (Å²) in [6, 6.07) is 14.2. The molecule has 2 aromatic carbocycles. The second-order valence-corrected chi connectivity index (χ2v) is 5.15. The first-order chi connectivity index (χ1) is 11.7. The van der Waals surface area contributed by atoms with Gasteiger partial charge in [-0.1, -0.05) is 17.3 Å². The first kappa shape index (κ1) is 15.6. The lowest BCUT2D eigenvalue weighted by atomic mass is 10.1. The van der Waals surface area contributed by atoms with Crippen molar-refractivity contribution in [3.05, 3.63) is 59.2 Å². The molecule has 6 heteroatoms. The molecule has 120 valence electrons. The number of hydrogen-bond donors (Lipinski definition) is 0. The van der Waals surface area contributed by atoms with Crippen LogP contribution >= 0.6 is 0 Å². The third-order valence-corrected chi connectivity index (χ3v) is 3.45. The molecule has 2 aromatic rings. The van der Waals surface area contributed by atoms with Crippen LogP contribution in [0.15, 0.2) is 47.6 Å². The van der Waals surface area contributed by atoms with Gasteiger partial charge in [-0.25, -0.2) is 0 Å². The molecular formula is C18H14N2O4. The monoisotopic (exact) mass is 322 g/mol. The van der Waals surface area contributed by atoms with Crippen molar-refractivity contribution < 1.29 is 19.1 Å². The first-order valence-corrected chi connectivity index (χ1v) is 7.27. The van der Waals surface area contributed by atoms with E-state index in [2.05, 4.69) is 11.2 Å². The molecule has 24 heavy (non-hydrogen) atoms. The van der Waals surface area contributed by atoms with Crippen LogP contribution in [0.2, 0.25) is 0 Å². The summed E-state index contributed by atoms with van der Waals surface area (Å²) in [6.45, 7) is 1.79. The van der Waals surface area contributed by atoms with Crippen molar-refractivity contribution >= 4 is 11.5 Å². The van der Waals surface area contributed by atoms with Crippen LogP contribution in [-0.2, 0) is 16.2 Å². The SMILES string of the molecule is CC(=O)/C(=N/OCc1ccc(C#N)cc1)c1ccc2c(c1)OCO2. The summed E-state index contributed by atoms with van der Waals surface area (Å²) in [5.74, 6) is 1.00. The van der Waals surface area contributed by atoms with E-state index in [0.717, 1.165) is 5.56 Å². The Labute approximate surface area is 138 Å². The van der Waals surface area contributed by atoms with Crippen LogP contribution in [0.25, 0.3) is 0 Å². The Kier molecular flexibility index (Phi) is 4.43. The molecule has 1 aliphatic heterocycles. The van der Waals surface area contributed by atoms with Crippen LogP contribution in [0, 0.1) is 11.3 Å². The zero-order chi connectivity index (χ0) is 16.9. The Morgan fingerprint density at radius 3 is 2.67 bits per heavy atom. The number of ether oxygens (including phenoxy) is 2. The van der Waals surface area contributed by atoms with Gasteiger partial charge >= 0.3 is 0 Å². The number of Topliss-reactive ketones (excluding diaryl/α,β-unsaturated/α-hetero) is 1. The summed E-state index contributed by atoms with van der Waals surface area (Å²) in [4.78, 5) is 17.2. The number of nitriles is 1. The molecule has 0 amide bonds. The van der Waals surface area contributed by atoms with E-state index in [1.807, 2.05) is 0 Å². The average Bonchev–Trinajstić information content (AvgIpc) is 3.06. The Hall–Kier alpha value is -3.33. The minimum atomic E-state index is -0.214. The summed E-state index contributed by atoms with van der Waals surface area (Å²) in [6.07, 6.45) is 0. The van der Waals surface area contributed by atoms with Crippen LogP contribution < -0.4 is 9.47 Å². The predicted octanol–water partition coefficient (Wildman–Crippen LogP) is 2.80. The maximum absolute atomic E-state index is 11.9. The lowest BCUT2D eigenvalue weighted by Crippen LogP contribution is -2.12. The van der Waals surface area contributed by atoms with Crippen molar-refractivity contribution in [2.45, 2.75) is 13.5 Å². The highest BCUT2D eigenvalue weighted by Crippen LogP contribution is 2.32. The van der Waals surface area contributed by atoms with Crippen LogP contribution in [0.3, 0.4) is 0 Å². The highest BCUT2D eigenvalue weighted by molar-refractivity contribution is 6.45. The Bertz CT molecular complexity index is 835. The minimum absolute atomic E-state index is 0.167. The van der Waals surface area contributed by atoms with Crippen molar-refractivity contribution in [3.8, 4) is 17.6 Å². The lowest BCUT2D eigenvalue weighted by molar-refractivity contribution is -0.111. The summed E-state index contributed by atoms with van der Waals surface area (Å²) >= 11 is 0. The molecule has 0 aliphatic carbocycles. The molecule has 0 radical (unpaired) electrons. The van der Waals surface area contributed by atoms with Gasteiger partial charge in [0.05, 0.1) is 11.6 Å². The number of oxime groups is 1. The van der Waals surface area contributed by atoms with E-state index in [9.17, 15) is 4.79 Å². The number of carbonyl (C=O) groups excluding carboxylic acids is 1. The smallest absolute Gasteiger partial charge is 0.231 e. The normalized spacial score (nSPS) is 12.6. The van der Waals surface area contributed by atoms with Crippen molar-refractivity contribution in [2.24, 2.45) is 5.16 Å². The van der Waals surface area contributed by atoms with Gasteiger partial charge in [-0.3, -0.25) is 4.79 Å². The number of hydrogen-bond acceptors (Lipinski definition) is 6. The van der Waals surface area contributed by atoms with Crippen molar-refractivity contribution in [1.29, 1.82) is 5.26 Å². The molecule has 6 nitrogen and oxygen atoms in total. The van der Waals surface area contributed by atoms with Crippen molar-refractivity contribution in [1.82, 2.24) is 0 Å². The summed E-state index contributed by atoms with van der Waals surface area (Å²) < 4.78 is 10.6. The maximum atomic E-state index is 11.9. The minimum Gasteiger partial charge on any atom is -0.454 e. The molecule has 1 aliphatic rings. The highest BCUT2D eigenvalue weighted by Gasteiger charge is 2.17. The quantitative estimate of drug-likeness (QED) is 0.624. The Morgan fingerprint density at radius 2 is 1.96 bits per heavy atom. The predicted molar refractivity (Wildman–Crippen MR) is 85.7 cm³/mol. The number of carbonyl (C=O) groups is 1. The third kappa shape index (κ3) is 3.36. The van der Waals surface area contributed by atoms with Crippen molar-refractivity contribution in [2.75, 3.05) is 6.79 Å². The van der Waals surface area contributed by atoms with Crippen LogP contribution in [0.5, 0.6) is 11.5 Å². The van der Waals surface area contributed by atoms with E-state index >= 15 is 0 Å². The molecule has 0 bridgehead atoms. The fourth-order valence-corrected chi connectivity index (χ4v) is 2.21. The number of fused-ring (bicyclic) bond motifs is 1.